The van der Waals surface area contributed by atoms with Gasteiger partial charge in [0.15, 0.2) is 32.6 Å². The van der Waals surface area contributed by atoms with Crippen LogP contribution in [0, 0.1) is 16.2 Å². The van der Waals surface area contributed by atoms with Crippen molar-refractivity contribution in [3.05, 3.63) is 84.7 Å². The zero-order valence-electron chi connectivity index (χ0n) is 89.0. The van der Waals surface area contributed by atoms with E-state index in [0.717, 1.165) is 28.8 Å². The number of aromatic nitrogens is 2. The van der Waals surface area contributed by atoms with Crippen LogP contribution in [0.4, 0.5) is 14.4 Å². The number of rotatable bonds is 1. The molecule has 0 spiro atoms. The molecule has 5 N–H and O–H groups in total. The van der Waals surface area contributed by atoms with E-state index in [9.17, 15) is 87.6 Å². The number of esters is 1. The molecule has 9 amide bonds. The highest BCUT2D eigenvalue weighted by Crippen LogP contribution is 2.36. The third kappa shape index (κ3) is 43.9. The lowest BCUT2D eigenvalue weighted by molar-refractivity contribution is -0.176. The number of nitrogens with one attached hydrogen (secondary N) is 5. The van der Waals surface area contributed by atoms with Gasteiger partial charge in [0, 0.05) is 104 Å². The van der Waals surface area contributed by atoms with Crippen molar-refractivity contribution >= 4 is 169 Å². The van der Waals surface area contributed by atoms with Crippen LogP contribution in [0.25, 0.3) is 0 Å². The molecule has 11 aliphatic heterocycles. The van der Waals surface area contributed by atoms with Gasteiger partial charge < -0.3 is 24.1 Å². The molecule has 1 aromatic carbocycles. The van der Waals surface area contributed by atoms with Crippen LogP contribution in [0.1, 0.15) is 313 Å². The van der Waals surface area contributed by atoms with Crippen LogP contribution in [0.5, 0.6) is 0 Å². The maximum absolute atomic E-state index is 11.6. The Balaban J connectivity index is 0.000000759. The van der Waals surface area contributed by atoms with E-state index in [1.807, 2.05) is 234 Å². The number of thioether (sulfide) groups is 2. The van der Waals surface area contributed by atoms with Gasteiger partial charge in [0.25, 0.3) is 17.1 Å². The molecule has 47 heteroatoms. The van der Waals surface area contributed by atoms with Crippen LogP contribution >= 0.6 is 23.5 Å². The third-order valence-electron chi connectivity index (χ3n) is 18.8. The Morgan fingerprint density at radius 2 is 1.12 bits per heavy atom. The first kappa shape index (κ1) is 128. The van der Waals surface area contributed by atoms with Gasteiger partial charge in [-0.15, -0.1) is 27.1 Å². The molecule has 12 heterocycles. The Bertz CT molecular complexity index is 5400. The smallest absolute Gasteiger partial charge is 0.438 e. The monoisotopic (exact) mass is 2080 g/mol. The summed E-state index contributed by atoms with van der Waals surface area (Å²) in [6, 6.07) is 1.33. The molecule has 13 rings (SSSR count). The van der Waals surface area contributed by atoms with Gasteiger partial charge in [0.05, 0.1) is 68.4 Å². The lowest BCUT2D eigenvalue weighted by Crippen LogP contribution is -2.43. The number of H-pyrrole nitrogens is 1. The van der Waals surface area contributed by atoms with Crippen molar-refractivity contribution in [2.75, 3.05) is 25.6 Å². The molecule has 0 aliphatic carbocycles. The van der Waals surface area contributed by atoms with Gasteiger partial charge in [-0.2, -0.15) is 38.2 Å². The summed E-state index contributed by atoms with van der Waals surface area (Å²) in [4.78, 5) is 152. The summed E-state index contributed by atoms with van der Waals surface area (Å²) in [5, 5.41) is 38.5. The maximum Gasteiger partial charge on any atom is 0.438 e. The Morgan fingerprint density at radius 1 is 0.586 bits per heavy atom. The number of urea groups is 1. The number of aromatic amines is 1. The third-order valence-corrected chi connectivity index (χ3v) is 28.6. The quantitative estimate of drug-likeness (QED) is 0.0766. The van der Waals surface area contributed by atoms with Crippen LogP contribution in [0.15, 0.2) is 96.9 Å². The van der Waals surface area contributed by atoms with Crippen molar-refractivity contribution < 1.29 is 92.0 Å². The molecule has 6 fully saturated rings. The van der Waals surface area contributed by atoms with Crippen LogP contribution in [0.3, 0.4) is 0 Å². The fourth-order valence-corrected chi connectivity index (χ4v) is 18.6. The number of nitrogens with zero attached hydrogens (tertiary/aromatic N) is 13. The number of ketones is 1. The number of sulfone groups is 1. The summed E-state index contributed by atoms with van der Waals surface area (Å²) in [6.45, 7) is 81.3. The van der Waals surface area contributed by atoms with E-state index in [0.29, 0.717) is 73.3 Å². The molecular weight excluding hydrogens is 1930 g/mol. The molecule has 140 heavy (non-hydrogen) atoms. The number of likely N-dealkylation sites (tertiary alicyclic amines) is 1. The Morgan fingerprint density at radius 3 is 1.34 bits per heavy atom. The van der Waals surface area contributed by atoms with Gasteiger partial charge in [-0.05, 0) is 173 Å². The van der Waals surface area contributed by atoms with E-state index in [1.54, 1.807) is 49.9 Å². The zero-order chi connectivity index (χ0) is 110. The number of cyclic esters (lactones) is 2. The summed E-state index contributed by atoms with van der Waals surface area (Å²) in [5.41, 5.74) is -0.666. The molecule has 4 atom stereocenters. The number of amides is 9. The van der Waals surface area contributed by atoms with E-state index in [-0.39, 0.29) is 151 Å². The topological polar surface area (TPSA) is 545 Å². The minimum Gasteiger partial charge on any atom is -0.458 e. The van der Waals surface area contributed by atoms with Crippen molar-refractivity contribution in [2.45, 2.75) is 366 Å². The standard InChI is InChI=1S/2C8H13NO2.C8H12O2.C8H10O2.2C7H14N2O2S.C7H12N2O2S.C7H12N2OS.C7H12N2S.C7H11NO3.C7H11NO2S.C6H10N2O2.C6H10N2O/c1-8(2,3)9-5-6(10)4-7(9)11;1-6-5-7(10)9(11-6)8(2,3)4;1-8(2,3)6-4-5-10-7(6)9;1-8(2,3)5-4-6(9)7(5)10;1-7(2,3)9-5-12(4,11)8-6(9)10;1-6-5-9(7(2,3)4)12(10,11)8-6;1-7(2,3)12(10,11)6-4-5-8-9-6;1-7(2,3)11(10)6-4-5-8-9-6;1-7(2,3)10-6-4-5-8-9-6;2*1-7(2,3)4-5(9)8-6(10)11-4;1-6(2,3)4-7-5(9)10-8-4;1-5(2)8-6(9)3-4-7-8/h4-5H2,1-3H3;1,5H2,2-4H3;4H,5H2,1-3H3;4H,1-3H3;4-5H2,1-3H3,(H,8,10,11);8H,1,5H2,2-4H3;5H,4H2,1-3H3;5H,4H2,1-3H3;5H,4H2,1-3H3;2*4H,1-3H3,(H,8,9,10);1-3H3,(H,7,8,9);4-5H,3H2,1-2H3. The predicted molar refractivity (Wildman–Crippen MR) is 558 cm³/mol. The number of hydrogen-bond acceptors (Lipinski definition) is 33. The SMILES string of the molecule is C=C1CC(=O)N(C(C)(C)C)O1.C=C1CN(C(C)(C)C)S(=O)(=O)N1.C=S1(=O)CN(C(C)(C)C)C(=O)N1.CC(C)(C)C1=CCOC1=O.CC(C)(C)C1OC(=O)NC1=O.CC(C)(C)C1SC(=O)NC1=O.CC(C)(C)N1CC(=O)CC1=O.CC(C)(C)S(=O)(=O)C1=NN=CC1.CC(C)(C)S(=O)C1=NN=CC1.CC(C)(C)SC1=NN=CC1.CC(C)(C)c1cc(=O)c1=O.CC(C)(C)c1noc(=O)[nH]1.CC(C)N1N=CCC1=O. The first-order chi connectivity index (χ1) is 62.7. The molecule has 0 saturated carbocycles. The summed E-state index contributed by atoms with van der Waals surface area (Å²) >= 11 is 2.87. The number of ether oxygens (including phenoxy) is 2. The van der Waals surface area contributed by atoms with Gasteiger partial charge in [-0.3, -0.25) is 76.9 Å². The summed E-state index contributed by atoms with van der Waals surface area (Å²) in [6.07, 6.45) is 10.00. The van der Waals surface area contributed by atoms with E-state index < -0.39 is 63.3 Å². The van der Waals surface area contributed by atoms with Crippen LogP contribution in [-0.4, -0.2) is 243 Å². The summed E-state index contributed by atoms with van der Waals surface area (Å²) in [5.74, 6) is 3.68. The molecule has 0 bridgehead atoms. The lowest BCUT2D eigenvalue weighted by Gasteiger charge is -2.30. The van der Waals surface area contributed by atoms with Gasteiger partial charge in [-0.25, -0.2) is 36.8 Å². The molecule has 6 saturated heterocycles. The van der Waals surface area contributed by atoms with Crippen LogP contribution in [-0.2, 0) is 99.3 Å². The van der Waals surface area contributed by atoms with Gasteiger partial charge in [0.2, 0.25) is 28.6 Å². The molecule has 790 valence electrons. The molecule has 1 aromatic heterocycles. The Hall–Kier alpha value is -9.84. The minimum atomic E-state index is -3.31. The molecule has 0 radical (unpaired) electrons. The Kier molecular flexibility index (Phi) is 46.1. The molecule has 2 aromatic rings. The van der Waals surface area contributed by atoms with Crippen molar-refractivity contribution in [2.24, 2.45) is 52.0 Å². The van der Waals surface area contributed by atoms with Gasteiger partial charge >= 0.3 is 34.1 Å². The number of carbonyl (C=O) groups excluding carboxylic acids is 10. The second kappa shape index (κ2) is 50.4. The minimum absolute atomic E-state index is 0.0116. The number of hydroxylamine groups is 2. The zero-order valence-corrected chi connectivity index (χ0v) is 93.9. The number of hydrazone groups is 1. The highest BCUT2D eigenvalue weighted by atomic mass is 32.2. The highest BCUT2D eigenvalue weighted by Gasteiger charge is 2.44. The first-order valence-corrected chi connectivity index (χ1v) is 52.5. The van der Waals surface area contributed by atoms with E-state index >= 15 is 0 Å². The second-order valence-corrected chi connectivity index (χ2v) is 56.9. The summed E-state index contributed by atoms with van der Waals surface area (Å²) < 4.78 is 88.2. The normalized spacial score (nSPS) is 20.3. The van der Waals surface area contributed by atoms with E-state index in [4.69, 9.17) is 14.3 Å². The van der Waals surface area contributed by atoms with Crippen molar-refractivity contribution in [3.8, 4) is 0 Å². The number of carbonyl (C=O) groups is 10. The molecular formula is C93H154N18O23S6. The molecule has 41 nitrogen and oxygen atoms in total. The molecule has 4 unspecified atom stereocenters. The molecule has 11 aliphatic rings. The van der Waals surface area contributed by atoms with Crippen LogP contribution in [0.2, 0.25) is 0 Å². The van der Waals surface area contributed by atoms with E-state index in [1.165, 1.54) is 31.6 Å². The number of Topliss-reactive ketones (excluding diaryl/α,β-unsaturated/α-hetero) is 1. The number of hydrogen-bond donors (Lipinski definition) is 5. The predicted octanol–water partition coefficient (Wildman–Crippen LogP) is 12.9. The second-order valence-electron chi connectivity index (χ2n) is 45.3. The largest absolute Gasteiger partial charge is 0.458 e. The lowest BCUT2D eigenvalue weighted by atomic mass is 9.84. The average molecular weight is 2080 g/mol. The highest BCUT2D eigenvalue weighted by molar-refractivity contribution is 8.15. The first-order valence-electron chi connectivity index (χ1n) is 44.9. The number of alkyl carbamates (subject to hydrolysis) is 1. The van der Waals surface area contributed by atoms with Gasteiger partial charge in [-0.1, -0.05) is 155 Å². The van der Waals surface area contributed by atoms with Crippen LogP contribution < -0.4 is 36.7 Å². The van der Waals surface area contributed by atoms with Crippen molar-refractivity contribution in [1.82, 2.24) is 54.4 Å². The van der Waals surface area contributed by atoms with Gasteiger partial charge in [0.1, 0.15) is 28.3 Å². The average Bonchev–Trinajstić information content (AvgIpc) is 1.07. The fraction of sp³-hybridized carbons (Fsp3) is 0.677. The fourth-order valence-electron chi connectivity index (χ4n) is 11.5. The van der Waals surface area contributed by atoms with E-state index in [2.05, 4.69) is 110 Å². The van der Waals surface area contributed by atoms with Crippen molar-refractivity contribution in [3.63, 3.8) is 0 Å². The number of imide groups is 2. The maximum atomic E-state index is 11.6. The summed E-state index contributed by atoms with van der Waals surface area (Å²) in [7, 11) is -9.95. The Labute approximate surface area is 838 Å². The van der Waals surface area contributed by atoms with Crippen molar-refractivity contribution in [1.29, 1.82) is 0 Å².